The predicted molar refractivity (Wildman–Crippen MR) is 84.0 cm³/mol. The molecule has 1 amide bonds. The van der Waals surface area contributed by atoms with Gasteiger partial charge in [-0.1, -0.05) is 0 Å². The first kappa shape index (κ1) is 19.1. The normalized spacial score (nSPS) is 12.5. The zero-order valence-electron chi connectivity index (χ0n) is 13.2. The van der Waals surface area contributed by atoms with Crippen molar-refractivity contribution in [1.82, 2.24) is 0 Å². The number of benzene rings is 1. The molecule has 0 saturated carbocycles. The van der Waals surface area contributed by atoms with Crippen LogP contribution in [-0.4, -0.2) is 52.9 Å². The zero-order valence-corrected chi connectivity index (χ0v) is 14.0. The molecule has 0 saturated heterocycles. The fraction of sp³-hybridized carbons (Fsp3) is 0.429. The summed E-state index contributed by atoms with van der Waals surface area (Å²) in [7, 11) is -2.18. The smallest absolute Gasteiger partial charge is 0.338 e. The van der Waals surface area contributed by atoms with Gasteiger partial charge in [-0.2, -0.15) is 0 Å². The first-order valence-corrected chi connectivity index (χ1v) is 8.65. The Labute approximate surface area is 134 Å². The summed E-state index contributed by atoms with van der Waals surface area (Å²) in [5.74, 6) is -1.25. The van der Waals surface area contributed by atoms with Crippen molar-refractivity contribution in [2.75, 3.05) is 31.9 Å². The second-order valence-electron chi connectivity index (χ2n) is 4.79. The molecule has 1 aromatic rings. The van der Waals surface area contributed by atoms with E-state index in [-0.39, 0.29) is 29.4 Å². The molecular formula is C14H20N2O6S. The van der Waals surface area contributed by atoms with Crippen LogP contribution in [0.3, 0.4) is 0 Å². The monoisotopic (exact) mass is 344 g/mol. The second-order valence-corrected chi connectivity index (χ2v) is 6.81. The Morgan fingerprint density at radius 1 is 1.30 bits per heavy atom. The minimum Gasteiger partial charge on any atom is -0.462 e. The molecule has 23 heavy (non-hydrogen) atoms. The van der Waals surface area contributed by atoms with E-state index in [0.717, 1.165) is 6.26 Å². The van der Waals surface area contributed by atoms with Crippen LogP contribution in [0.1, 0.15) is 17.3 Å². The molecule has 0 aromatic heterocycles. The molecule has 0 aliphatic rings. The number of hydrogen-bond acceptors (Lipinski definition) is 7. The molecule has 0 radical (unpaired) electrons. The number of hydrogen-bond donors (Lipinski definition) is 2. The fourth-order valence-electron chi connectivity index (χ4n) is 1.71. The van der Waals surface area contributed by atoms with E-state index in [1.807, 2.05) is 0 Å². The van der Waals surface area contributed by atoms with Crippen LogP contribution < -0.4 is 11.1 Å². The number of anilines is 1. The van der Waals surface area contributed by atoms with Crippen molar-refractivity contribution in [3.63, 3.8) is 0 Å². The van der Waals surface area contributed by atoms with Gasteiger partial charge in [0, 0.05) is 19.1 Å². The summed E-state index contributed by atoms with van der Waals surface area (Å²) >= 11 is 0. The van der Waals surface area contributed by atoms with Crippen LogP contribution in [0, 0.1) is 0 Å². The van der Waals surface area contributed by atoms with Gasteiger partial charge in [0.25, 0.3) is 0 Å². The third kappa shape index (κ3) is 5.62. The number of nitrogens with one attached hydrogen (secondary N) is 1. The Bertz CT molecular complexity index is 687. The molecule has 1 unspecified atom stereocenters. The summed E-state index contributed by atoms with van der Waals surface area (Å²) in [6, 6.07) is 2.84. The SMILES string of the molecule is CCOC(=O)c1cc(NC(=O)C(N)COC)cc(S(C)(=O)=O)c1. The number of ether oxygens (including phenoxy) is 2. The molecule has 0 heterocycles. The zero-order chi connectivity index (χ0) is 17.6. The van der Waals surface area contributed by atoms with Crippen molar-refractivity contribution in [1.29, 1.82) is 0 Å². The Morgan fingerprint density at radius 3 is 2.48 bits per heavy atom. The Morgan fingerprint density at radius 2 is 1.96 bits per heavy atom. The van der Waals surface area contributed by atoms with Gasteiger partial charge >= 0.3 is 5.97 Å². The average Bonchev–Trinajstić information content (AvgIpc) is 2.46. The number of nitrogens with two attached hydrogens (primary N) is 1. The van der Waals surface area contributed by atoms with E-state index >= 15 is 0 Å². The van der Waals surface area contributed by atoms with Gasteiger partial charge in [0.2, 0.25) is 5.91 Å². The molecule has 0 spiro atoms. The van der Waals surface area contributed by atoms with E-state index in [0.29, 0.717) is 0 Å². The Kier molecular flexibility index (Phi) is 6.67. The summed E-state index contributed by atoms with van der Waals surface area (Å²) in [5, 5.41) is 2.46. The van der Waals surface area contributed by atoms with Gasteiger partial charge in [-0.05, 0) is 25.1 Å². The van der Waals surface area contributed by atoms with Crippen LogP contribution in [0.25, 0.3) is 0 Å². The van der Waals surface area contributed by atoms with Crippen LogP contribution in [0.15, 0.2) is 23.1 Å². The standard InChI is InChI=1S/C14H20N2O6S/c1-4-22-14(18)9-5-10(7-11(6-9)23(3,19)20)16-13(17)12(15)8-21-2/h5-7,12H,4,8,15H2,1-3H3,(H,16,17). The third-order valence-electron chi connectivity index (χ3n) is 2.80. The average molecular weight is 344 g/mol. The molecule has 1 atom stereocenters. The lowest BCUT2D eigenvalue weighted by Crippen LogP contribution is -2.39. The van der Waals surface area contributed by atoms with Crippen LogP contribution in [0.5, 0.6) is 0 Å². The lowest BCUT2D eigenvalue weighted by molar-refractivity contribution is -0.118. The number of methoxy groups -OCH3 is 1. The Hall–Kier alpha value is -1.97. The summed E-state index contributed by atoms with van der Waals surface area (Å²) < 4.78 is 33.1. The molecule has 3 N–H and O–H groups in total. The van der Waals surface area contributed by atoms with E-state index in [9.17, 15) is 18.0 Å². The van der Waals surface area contributed by atoms with E-state index in [1.54, 1.807) is 6.92 Å². The number of carbonyl (C=O) groups excluding carboxylic acids is 2. The topological polar surface area (TPSA) is 125 Å². The lowest BCUT2D eigenvalue weighted by Gasteiger charge is -2.13. The van der Waals surface area contributed by atoms with Crippen molar-refractivity contribution < 1.29 is 27.5 Å². The first-order valence-electron chi connectivity index (χ1n) is 6.76. The van der Waals surface area contributed by atoms with Gasteiger partial charge in [-0.15, -0.1) is 0 Å². The molecular weight excluding hydrogens is 324 g/mol. The maximum absolute atomic E-state index is 11.9. The number of esters is 1. The minimum absolute atomic E-state index is 0.00232. The van der Waals surface area contributed by atoms with Gasteiger partial charge in [-0.3, -0.25) is 4.79 Å². The molecule has 1 aromatic carbocycles. The van der Waals surface area contributed by atoms with Crippen molar-refractivity contribution in [2.45, 2.75) is 17.9 Å². The molecule has 8 nitrogen and oxygen atoms in total. The lowest BCUT2D eigenvalue weighted by atomic mass is 10.2. The van der Waals surface area contributed by atoms with Crippen molar-refractivity contribution >= 4 is 27.4 Å². The number of carbonyl (C=O) groups is 2. The highest BCUT2D eigenvalue weighted by molar-refractivity contribution is 7.90. The van der Waals surface area contributed by atoms with Crippen LogP contribution >= 0.6 is 0 Å². The fourth-order valence-corrected chi connectivity index (χ4v) is 2.39. The van der Waals surface area contributed by atoms with Gasteiger partial charge in [0.1, 0.15) is 6.04 Å². The minimum atomic E-state index is -3.58. The van der Waals surface area contributed by atoms with Gasteiger partial charge < -0.3 is 20.5 Å². The van der Waals surface area contributed by atoms with Crippen molar-refractivity contribution in [3.8, 4) is 0 Å². The molecule has 0 aliphatic heterocycles. The van der Waals surface area contributed by atoms with E-state index in [1.165, 1.54) is 25.3 Å². The summed E-state index contributed by atoms with van der Waals surface area (Å²) in [6.07, 6.45) is 1.000. The summed E-state index contributed by atoms with van der Waals surface area (Å²) in [6.45, 7) is 1.77. The first-order chi connectivity index (χ1) is 10.7. The number of rotatable bonds is 7. The second kappa shape index (κ2) is 8.04. The Balaban J connectivity index is 3.18. The molecule has 0 fully saturated rings. The quantitative estimate of drug-likeness (QED) is 0.676. The molecule has 0 bridgehead atoms. The van der Waals surface area contributed by atoms with Crippen molar-refractivity contribution in [3.05, 3.63) is 23.8 Å². The van der Waals surface area contributed by atoms with Gasteiger partial charge in [0.15, 0.2) is 9.84 Å². The van der Waals surface area contributed by atoms with Crippen LogP contribution in [0.4, 0.5) is 5.69 Å². The number of sulfone groups is 1. The predicted octanol–water partition coefficient (Wildman–Crippen LogP) is 0.179. The van der Waals surface area contributed by atoms with Crippen LogP contribution in [-0.2, 0) is 24.1 Å². The highest BCUT2D eigenvalue weighted by Crippen LogP contribution is 2.20. The van der Waals surface area contributed by atoms with Gasteiger partial charge in [-0.25, -0.2) is 13.2 Å². The van der Waals surface area contributed by atoms with Crippen LogP contribution in [0.2, 0.25) is 0 Å². The number of amides is 1. The summed E-state index contributed by atoms with van der Waals surface area (Å²) in [5.41, 5.74) is 5.75. The van der Waals surface area contributed by atoms with Crippen molar-refractivity contribution in [2.24, 2.45) is 5.73 Å². The summed E-state index contributed by atoms with van der Waals surface area (Å²) in [4.78, 5) is 23.6. The van der Waals surface area contributed by atoms with E-state index in [4.69, 9.17) is 15.2 Å². The highest BCUT2D eigenvalue weighted by atomic mass is 32.2. The van der Waals surface area contributed by atoms with E-state index in [2.05, 4.69) is 5.32 Å². The highest BCUT2D eigenvalue weighted by Gasteiger charge is 2.18. The molecule has 9 heteroatoms. The third-order valence-corrected chi connectivity index (χ3v) is 3.89. The van der Waals surface area contributed by atoms with Gasteiger partial charge in [0.05, 0.1) is 23.7 Å². The van der Waals surface area contributed by atoms with E-state index < -0.39 is 27.8 Å². The maximum Gasteiger partial charge on any atom is 0.338 e. The largest absolute Gasteiger partial charge is 0.462 e. The molecule has 1 rings (SSSR count). The molecule has 0 aliphatic carbocycles. The molecule has 128 valence electrons. The maximum atomic E-state index is 11.9.